The second-order valence-electron chi connectivity index (χ2n) is 3.46. The molecular formula is C11H7FN4O2. The standard InChI is InChI=1S/C11H7FN4O2/c12-7-1-2-9(6(3-7)4-13)16-5-8(14)10(15-16)11(17)18/h1-3,5H,14H2,(H,17,18). The van der Waals surface area contributed by atoms with Crippen LogP contribution in [0.1, 0.15) is 16.1 Å². The van der Waals surface area contributed by atoms with E-state index in [4.69, 9.17) is 16.1 Å². The van der Waals surface area contributed by atoms with Crippen molar-refractivity contribution in [2.45, 2.75) is 0 Å². The van der Waals surface area contributed by atoms with Crippen LogP contribution >= 0.6 is 0 Å². The molecular weight excluding hydrogens is 239 g/mol. The SMILES string of the molecule is N#Cc1cc(F)ccc1-n1cc(N)c(C(=O)O)n1. The average Bonchev–Trinajstić information content (AvgIpc) is 2.71. The maximum atomic E-state index is 13.0. The molecule has 0 saturated heterocycles. The normalized spacial score (nSPS) is 10.0. The Bertz CT molecular complexity index is 672. The molecule has 0 spiro atoms. The topological polar surface area (TPSA) is 105 Å². The highest BCUT2D eigenvalue weighted by Crippen LogP contribution is 2.18. The second-order valence-corrected chi connectivity index (χ2v) is 3.46. The van der Waals surface area contributed by atoms with Gasteiger partial charge in [0.15, 0.2) is 5.69 Å². The minimum atomic E-state index is -1.27. The Hall–Kier alpha value is -2.88. The van der Waals surface area contributed by atoms with Crippen LogP contribution < -0.4 is 5.73 Å². The Morgan fingerprint density at radius 3 is 2.83 bits per heavy atom. The van der Waals surface area contributed by atoms with Gasteiger partial charge in [-0.25, -0.2) is 13.9 Å². The summed E-state index contributed by atoms with van der Waals surface area (Å²) in [5, 5.41) is 21.4. The quantitative estimate of drug-likeness (QED) is 0.827. The summed E-state index contributed by atoms with van der Waals surface area (Å²) < 4.78 is 14.1. The zero-order valence-electron chi connectivity index (χ0n) is 8.96. The van der Waals surface area contributed by atoms with Crippen molar-refractivity contribution < 1.29 is 14.3 Å². The van der Waals surface area contributed by atoms with E-state index in [2.05, 4.69) is 5.10 Å². The van der Waals surface area contributed by atoms with Crippen LogP contribution in [0.4, 0.5) is 10.1 Å². The molecule has 0 aliphatic rings. The highest BCUT2D eigenvalue weighted by atomic mass is 19.1. The molecule has 0 aliphatic heterocycles. The fourth-order valence-corrected chi connectivity index (χ4v) is 1.47. The molecule has 0 saturated carbocycles. The van der Waals surface area contributed by atoms with Crippen LogP contribution in [0.2, 0.25) is 0 Å². The third-order valence-electron chi connectivity index (χ3n) is 2.27. The van der Waals surface area contributed by atoms with Crippen molar-refractivity contribution in [3.05, 3.63) is 41.5 Å². The van der Waals surface area contributed by atoms with Crippen LogP contribution in [0.25, 0.3) is 5.69 Å². The first-order valence-electron chi connectivity index (χ1n) is 4.81. The number of anilines is 1. The predicted octanol–water partition coefficient (Wildman–Crippen LogP) is 1.16. The molecule has 2 rings (SSSR count). The first-order chi connectivity index (χ1) is 8.52. The van der Waals surface area contributed by atoms with Crippen molar-refractivity contribution in [1.82, 2.24) is 9.78 Å². The summed E-state index contributed by atoms with van der Waals surface area (Å²) in [6.07, 6.45) is 1.26. The molecule has 0 aliphatic carbocycles. The number of carbonyl (C=O) groups is 1. The number of benzene rings is 1. The van der Waals surface area contributed by atoms with Crippen molar-refractivity contribution in [3.63, 3.8) is 0 Å². The van der Waals surface area contributed by atoms with Gasteiger partial charge in [-0.2, -0.15) is 10.4 Å². The third kappa shape index (κ3) is 1.87. The van der Waals surface area contributed by atoms with E-state index < -0.39 is 11.8 Å². The van der Waals surface area contributed by atoms with Crippen molar-refractivity contribution in [2.75, 3.05) is 5.73 Å². The number of carboxylic acid groups (broad SMARTS) is 1. The molecule has 6 nitrogen and oxygen atoms in total. The molecule has 2 aromatic rings. The van der Waals surface area contributed by atoms with Gasteiger partial charge in [-0.1, -0.05) is 0 Å². The van der Waals surface area contributed by atoms with Crippen molar-refractivity contribution in [1.29, 1.82) is 5.26 Å². The van der Waals surface area contributed by atoms with Gasteiger partial charge >= 0.3 is 5.97 Å². The number of hydrogen-bond donors (Lipinski definition) is 2. The minimum Gasteiger partial charge on any atom is -0.476 e. The maximum Gasteiger partial charge on any atom is 0.358 e. The molecule has 0 unspecified atom stereocenters. The van der Waals surface area contributed by atoms with Gasteiger partial charge in [-0.05, 0) is 18.2 Å². The zero-order chi connectivity index (χ0) is 13.3. The van der Waals surface area contributed by atoms with E-state index in [-0.39, 0.29) is 22.6 Å². The van der Waals surface area contributed by atoms with Gasteiger partial charge in [-0.3, -0.25) is 0 Å². The fraction of sp³-hybridized carbons (Fsp3) is 0. The molecule has 1 aromatic carbocycles. The monoisotopic (exact) mass is 246 g/mol. The van der Waals surface area contributed by atoms with E-state index >= 15 is 0 Å². The van der Waals surface area contributed by atoms with Crippen LogP contribution in [0.3, 0.4) is 0 Å². The van der Waals surface area contributed by atoms with E-state index in [0.717, 1.165) is 16.8 Å². The number of rotatable bonds is 2. The van der Waals surface area contributed by atoms with E-state index in [1.807, 2.05) is 0 Å². The molecule has 3 N–H and O–H groups in total. The van der Waals surface area contributed by atoms with E-state index in [9.17, 15) is 9.18 Å². The lowest BCUT2D eigenvalue weighted by Crippen LogP contribution is -2.03. The Labute approximate surface area is 101 Å². The molecule has 0 fully saturated rings. The van der Waals surface area contributed by atoms with Crippen LogP contribution in [0.15, 0.2) is 24.4 Å². The van der Waals surface area contributed by atoms with Crippen molar-refractivity contribution in [2.24, 2.45) is 0 Å². The van der Waals surface area contributed by atoms with Crippen molar-refractivity contribution >= 4 is 11.7 Å². The Morgan fingerprint density at radius 1 is 1.56 bits per heavy atom. The lowest BCUT2D eigenvalue weighted by molar-refractivity contribution is 0.0691. The lowest BCUT2D eigenvalue weighted by Gasteiger charge is -2.03. The van der Waals surface area contributed by atoms with Crippen LogP contribution in [0.5, 0.6) is 0 Å². The van der Waals surface area contributed by atoms with Gasteiger partial charge in [0.05, 0.1) is 23.1 Å². The van der Waals surface area contributed by atoms with Crippen LogP contribution in [0, 0.1) is 17.1 Å². The first-order valence-corrected chi connectivity index (χ1v) is 4.81. The van der Waals surface area contributed by atoms with Gasteiger partial charge in [0, 0.05) is 0 Å². The predicted molar refractivity (Wildman–Crippen MR) is 59.6 cm³/mol. The van der Waals surface area contributed by atoms with E-state index in [1.54, 1.807) is 6.07 Å². The van der Waals surface area contributed by atoms with E-state index in [1.165, 1.54) is 12.3 Å². The number of aromatic nitrogens is 2. The Morgan fingerprint density at radius 2 is 2.28 bits per heavy atom. The summed E-state index contributed by atoms with van der Waals surface area (Å²) in [4.78, 5) is 10.8. The maximum absolute atomic E-state index is 13.0. The molecule has 0 amide bonds. The molecule has 0 bridgehead atoms. The number of carboxylic acids is 1. The van der Waals surface area contributed by atoms with Gasteiger partial charge in [0.2, 0.25) is 0 Å². The number of aromatic carboxylic acids is 1. The molecule has 0 radical (unpaired) electrons. The van der Waals surface area contributed by atoms with Gasteiger partial charge in [-0.15, -0.1) is 0 Å². The number of halogens is 1. The second kappa shape index (κ2) is 4.18. The van der Waals surface area contributed by atoms with Gasteiger partial charge in [0.1, 0.15) is 11.9 Å². The number of nitriles is 1. The van der Waals surface area contributed by atoms with Gasteiger partial charge < -0.3 is 10.8 Å². The van der Waals surface area contributed by atoms with Crippen LogP contribution in [-0.2, 0) is 0 Å². The summed E-state index contributed by atoms with van der Waals surface area (Å²) in [6.45, 7) is 0. The molecule has 18 heavy (non-hydrogen) atoms. The Kier molecular flexibility index (Phi) is 2.69. The first kappa shape index (κ1) is 11.6. The zero-order valence-corrected chi connectivity index (χ0v) is 8.96. The van der Waals surface area contributed by atoms with Crippen molar-refractivity contribution in [3.8, 4) is 11.8 Å². The smallest absolute Gasteiger partial charge is 0.358 e. The third-order valence-corrected chi connectivity index (χ3v) is 2.27. The number of hydrogen-bond acceptors (Lipinski definition) is 4. The molecule has 7 heteroatoms. The number of nitrogens with two attached hydrogens (primary N) is 1. The summed E-state index contributed by atoms with van der Waals surface area (Å²) >= 11 is 0. The van der Waals surface area contributed by atoms with Gasteiger partial charge in [0.25, 0.3) is 0 Å². The highest BCUT2D eigenvalue weighted by Gasteiger charge is 2.15. The largest absolute Gasteiger partial charge is 0.476 e. The molecule has 0 atom stereocenters. The average molecular weight is 246 g/mol. The summed E-state index contributed by atoms with van der Waals surface area (Å²) in [5.41, 5.74) is 5.43. The van der Waals surface area contributed by atoms with Crippen LogP contribution in [-0.4, -0.2) is 20.9 Å². The highest BCUT2D eigenvalue weighted by molar-refractivity contribution is 5.91. The number of nitrogens with zero attached hydrogens (tertiary/aromatic N) is 3. The molecule has 90 valence electrons. The molecule has 1 heterocycles. The van der Waals surface area contributed by atoms with E-state index in [0.29, 0.717) is 0 Å². The summed E-state index contributed by atoms with van der Waals surface area (Å²) in [6, 6.07) is 5.31. The number of nitrogen functional groups attached to an aromatic ring is 1. The Balaban J connectivity index is 2.60. The summed E-state index contributed by atoms with van der Waals surface area (Å²) in [7, 11) is 0. The minimum absolute atomic E-state index is 0.0317. The molecule has 1 aromatic heterocycles. The fourth-order valence-electron chi connectivity index (χ4n) is 1.47. The summed E-state index contributed by atoms with van der Waals surface area (Å²) in [5.74, 6) is -1.83. The lowest BCUT2D eigenvalue weighted by atomic mass is 10.2.